The van der Waals surface area contributed by atoms with Gasteiger partial charge in [-0.3, -0.25) is 0 Å². The summed E-state index contributed by atoms with van der Waals surface area (Å²) >= 11 is 0. The third-order valence-electron chi connectivity index (χ3n) is 1.50. The van der Waals surface area contributed by atoms with Crippen molar-refractivity contribution in [1.29, 1.82) is 0 Å². The average Bonchev–Trinajstić information content (AvgIpc) is 2.47. The summed E-state index contributed by atoms with van der Waals surface area (Å²) in [6.07, 6.45) is 0.547. The number of aromatic nitrogens is 1. The van der Waals surface area contributed by atoms with Gasteiger partial charge in [0.1, 0.15) is 11.8 Å². The minimum Gasteiger partial charge on any atom is -0.425 e. The van der Waals surface area contributed by atoms with E-state index in [2.05, 4.69) is 0 Å². The second-order valence-electron chi connectivity index (χ2n) is 3.97. The Morgan fingerprint density at radius 2 is 2.13 bits per heavy atom. The van der Waals surface area contributed by atoms with Gasteiger partial charge in [-0.2, -0.15) is 4.79 Å². The number of ether oxygens (including phenoxy) is 1. The second kappa shape index (κ2) is 3.72. The van der Waals surface area contributed by atoms with Crippen LogP contribution in [0.2, 0.25) is 0 Å². The Hall–Kier alpha value is -1.85. The Bertz CT molecular complexity index is 389. The minimum absolute atomic E-state index is 0.302. The standard InChI is InChI=1S/C9H12N2O4/c1-9(2,3)15-8(12)10-6-4-5-7(10)11(13)14/h4-6H,1-3H3. The second-order valence-corrected chi connectivity index (χ2v) is 3.97. The minimum atomic E-state index is -0.751. The van der Waals surface area contributed by atoms with Crippen molar-refractivity contribution in [3.63, 3.8) is 0 Å². The van der Waals surface area contributed by atoms with Crippen LogP contribution in [0.1, 0.15) is 20.8 Å². The van der Waals surface area contributed by atoms with Crippen LogP contribution < -0.4 is 0 Å². The van der Waals surface area contributed by atoms with Crippen LogP contribution in [0, 0.1) is 10.1 Å². The van der Waals surface area contributed by atoms with Crippen LogP contribution >= 0.6 is 0 Å². The van der Waals surface area contributed by atoms with Crippen LogP contribution in [0.4, 0.5) is 10.6 Å². The van der Waals surface area contributed by atoms with Gasteiger partial charge in [-0.1, -0.05) is 0 Å². The van der Waals surface area contributed by atoms with Crippen molar-refractivity contribution in [3.8, 4) is 0 Å². The maximum Gasteiger partial charge on any atom is 0.512 e. The third kappa shape index (κ3) is 2.80. The number of nitro groups is 1. The van der Waals surface area contributed by atoms with Crippen molar-refractivity contribution in [2.45, 2.75) is 26.4 Å². The fourth-order valence-electron chi connectivity index (χ4n) is 0.986. The highest BCUT2D eigenvalue weighted by Gasteiger charge is 2.25. The van der Waals surface area contributed by atoms with E-state index in [1.807, 2.05) is 0 Å². The molecule has 6 nitrogen and oxygen atoms in total. The zero-order chi connectivity index (χ0) is 11.6. The SMILES string of the molecule is CC(C)(C)OC(=O)n1cccc1[N+](=O)[O-]. The lowest BCUT2D eigenvalue weighted by Crippen LogP contribution is -2.27. The molecule has 0 bridgehead atoms. The van der Waals surface area contributed by atoms with Gasteiger partial charge in [0.2, 0.25) is 0 Å². The molecule has 1 rings (SSSR count). The zero-order valence-corrected chi connectivity index (χ0v) is 8.76. The predicted molar refractivity (Wildman–Crippen MR) is 52.7 cm³/mol. The van der Waals surface area contributed by atoms with Crippen LogP contribution in [-0.2, 0) is 4.74 Å². The number of carbonyl (C=O) groups is 1. The molecule has 0 atom stereocenters. The first-order valence-corrected chi connectivity index (χ1v) is 4.36. The average molecular weight is 212 g/mol. The lowest BCUT2D eigenvalue weighted by Gasteiger charge is -2.17. The molecule has 0 saturated carbocycles. The van der Waals surface area contributed by atoms with Gasteiger partial charge in [-0.25, -0.2) is 0 Å². The Kier molecular flexibility index (Phi) is 2.78. The van der Waals surface area contributed by atoms with Crippen LogP contribution in [0.15, 0.2) is 18.3 Å². The van der Waals surface area contributed by atoms with E-state index in [0.29, 0.717) is 0 Å². The molecule has 0 aliphatic heterocycles. The maximum atomic E-state index is 11.5. The first-order valence-electron chi connectivity index (χ1n) is 4.36. The van der Waals surface area contributed by atoms with E-state index in [9.17, 15) is 14.9 Å². The Balaban J connectivity index is 2.92. The molecule has 0 radical (unpaired) electrons. The van der Waals surface area contributed by atoms with Crippen molar-refractivity contribution in [2.75, 3.05) is 0 Å². The van der Waals surface area contributed by atoms with E-state index in [1.54, 1.807) is 20.8 Å². The lowest BCUT2D eigenvalue weighted by atomic mass is 10.2. The quantitative estimate of drug-likeness (QED) is 0.528. The summed E-state index contributed by atoms with van der Waals surface area (Å²) in [5.74, 6) is -0.302. The molecule has 0 N–H and O–H groups in total. The molecule has 0 spiro atoms. The molecule has 0 fully saturated rings. The van der Waals surface area contributed by atoms with E-state index in [1.165, 1.54) is 18.3 Å². The highest BCUT2D eigenvalue weighted by atomic mass is 16.6. The molecule has 0 aliphatic rings. The number of hydrogen-bond donors (Lipinski definition) is 0. The van der Waals surface area contributed by atoms with Gasteiger partial charge in [0.05, 0.1) is 0 Å². The molecule has 0 aliphatic carbocycles. The molecular weight excluding hydrogens is 200 g/mol. The van der Waals surface area contributed by atoms with Gasteiger partial charge >= 0.3 is 11.9 Å². The van der Waals surface area contributed by atoms with Gasteiger partial charge < -0.3 is 14.9 Å². The van der Waals surface area contributed by atoms with Gasteiger partial charge in [-0.15, -0.1) is 4.57 Å². The van der Waals surface area contributed by atoms with Gasteiger partial charge in [0.25, 0.3) is 0 Å². The summed E-state index contributed by atoms with van der Waals surface area (Å²) < 4.78 is 5.86. The molecule has 15 heavy (non-hydrogen) atoms. The molecular formula is C9H12N2O4. The molecule has 1 aromatic heterocycles. The lowest BCUT2D eigenvalue weighted by molar-refractivity contribution is -0.390. The van der Waals surface area contributed by atoms with Crippen LogP contribution in [0.25, 0.3) is 0 Å². The van der Waals surface area contributed by atoms with Crippen LogP contribution in [0.3, 0.4) is 0 Å². The molecule has 1 heterocycles. The topological polar surface area (TPSA) is 74.4 Å². The summed E-state index contributed by atoms with van der Waals surface area (Å²) in [5.41, 5.74) is -0.671. The third-order valence-corrected chi connectivity index (χ3v) is 1.50. The Labute approximate surface area is 86.6 Å². The van der Waals surface area contributed by atoms with E-state index in [4.69, 9.17) is 4.74 Å². The molecule has 0 aromatic carbocycles. The van der Waals surface area contributed by atoms with Gasteiger partial charge in [-0.05, 0) is 31.8 Å². The van der Waals surface area contributed by atoms with E-state index < -0.39 is 16.6 Å². The van der Waals surface area contributed by atoms with Crippen molar-refractivity contribution in [3.05, 3.63) is 28.4 Å². The van der Waals surface area contributed by atoms with Gasteiger partial charge in [0, 0.05) is 6.07 Å². The first-order chi connectivity index (χ1) is 6.81. The predicted octanol–water partition coefficient (Wildman–Crippen LogP) is 2.18. The first kappa shape index (κ1) is 11.2. The molecule has 6 heteroatoms. The van der Waals surface area contributed by atoms with Crippen LogP contribution in [-0.4, -0.2) is 21.2 Å². The number of nitrogens with zero attached hydrogens (tertiary/aromatic N) is 2. The zero-order valence-electron chi connectivity index (χ0n) is 8.76. The summed E-state index contributed by atoms with van der Waals surface area (Å²) in [6.45, 7) is 5.08. The Morgan fingerprint density at radius 3 is 2.60 bits per heavy atom. The summed E-state index contributed by atoms with van der Waals surface area (Å²) in [4.78, 5) is 21.4. The number of carbonyl (C=O) groups excluding carboxylic acids is 1. The van der Waals surface area contributed by atoms with E-state index >= 15 is 0 Å². The number of rotatable bonds is 1. The highest BCUT2D eigenvalue weighted by Crippen LogP contribution is 2.15. The van der Waals surface area contributed by atoms with E-state index in [0.717, 1.165) is 4.57 Å². The number of hydrogen-bond acceptors (Lipinski definition) is 4. The largest absolute Gasteiger partial charge is 0.512 e. The van der Waals surface area contributed by atoms with Crippen molar-refractivity contribution < 1.29 is 14.5 Å². The Morgan fingerprint density at radius 1 is 1.53 bits per heavy atom. The summed E-state index contributed by atoms with van der Waals surface area (Å²) in [6, 6.07) is 2.66. The molecule has 0 amide bonds. The molecule has 1 aromatic rings. The molecule has 82 valence electrons. The normalized spacial score (nSPS) is 11.1. The van der Waals surface area contributed by atoms with Crippen LogP contribution in [0.5, 0.6) is 0 Å². The maximum absolute atomic E-state index is 11.5. The summed E-state index contributed by atoms with van der Waals surface area (Å²) in [5, 5.41) is 10.5. The van der Waals surface area contributed by atoms with Crippen molar-refractivity contribution in [2.24, 2.45) is 0 Å². The highest BCUT2D eigenvalue weighted by molar-refractivity contribution is 5.74. The fraction of sp³-hybridized carbons (Fsp3) is 0.444. The monoisotopic (exact) mass is 212 g/mol. The summed E-state index contributed by atoms with van der Waals surface area (Å²) in [7, 11) is 0. The fourth-order valence-corrected chi connectivity index (χ4v) is 0.986. The molecule has 0 saturated heterocycles. The van der Waals surface area contributed by atoms with Gasteiger partial charge in [0.15, 0.2) is 0 Å². The van der Waals surface area contributed by atoms with Crippen molar-refractivity contribution in [1.82, 2.24) is 4.57 Å². The van der Waals surface area contributed by atoms with E-state index in [-0.39, 0.29) is 5.82 Å². The smallest absolute Gasteiger partial charge is 0.425 e. The molecule has 0 unspecified atom stereocenters. The van der Waals surface area contributed by atoms with Crippen molar-refractivity contribution >= 4 is 11.9 Å².